The molecule has 3 aromatic rings. The van der Waals surface area contributed by atoms with E-state index >= 15 is 0 Å². The van der Waals surface area contributed by atoms with E-state index in [9.17, 15) is 9.18 Å². The quantitative estimate of drug-likeness (QED) is 0.624. The Balaban J connectivity index is 1.42. The second-order valence-corrected chi connectivity index (χ2v) is 5.89. The smallest absolute Gasteiger partial charge is 0.319 e. The largest absolute Gasteiger partial charge is 0.475 e. The van der Waals surface area contributed by atoms with Gasteiger partial charge >= 0.3 is 6.03 Å². The number of aromatic nitrogens is 2. The van der Waals surface area contributed by atoms with Gasteiger partial charge < -0.3 is 15.4 Å². The van der Waals surface area contributed by atoms with Crippen molar-refractivity contribution in [3.63, 3.8) is 0 Å². The van der Waals surface area contributed by atoms with Crippen LogP contribution in [0.5, 0.6) is 5.88 Å². The van der Waals surface area contributed by atoms with Crippen LogP contribution in [0.4, 0.5) is 14.9 Å². The summed E-state index contributed by atoms with van der Waals surface area (Å²) in [6, 6.07) is 16.7. The number of halogens is 2. The first-order valence-electron chi connectivity index (χ1n) is 8.14. The molecule has 2 aromatic carbocycles. The molecule has 6 nitrogen and oxygen atoms in total. The summed E-state index contributed by atoms with van der Waals surface area (Å²) in [5, 5.41) is 13.2. The lowest BCUT2D eigenvalue weighted by Gasteiger charge is -2.09. The summed E-state index contributed by atoms with van der Waals surface area (Å²) in [7, 11) is 0. The standard InChI is InChI=1S/C19H16ClFN4O2/c20-15-12-14(6-7-16(15)21)23-19(26)22-10-11-27-18-9-8-17(24-25-18)13-4-2-1-3-5-13/h1-9,12H,10-11H2,(H2,22,23,26). The van der Waals surface area contributed by atoms with Crippen LogP contribution in [0.3, 0.4) is 0 Å². The van der Waals surface area contributed by atoms with Crippen LogP contribution >= 0.6 is 11.6 Å². The van der Waals surface area contributed by atoms with Gasteiger partial charge in [0.15, 0.2) is 0 Å². The minimum atomic E-state index is -0.546. The highest BCUT2D eigenvalue weighted by Gasteiger charge is 2.05. The van der Waals surface area contributed by atoms with Gasteiger partial charge in [0.25, 0.3) is 0 Å². The summed E-state index contributed by atoms with van der Waals surface area (Å²) in [6.45, 7) is 0.472. The van der Waals surface area contributed by atoms with Gasteiger partial charge in [-0.2, -0.15) is 0 Å². The van der Waals surface area contributed by atoms with Crippen LogP contribution in [0.1, 0.15) is 0 Å². The van der Waals surface area contributed by atoms with E-state index in [2.05, 4.69) is 20.8 Å². The molecule has 0 fully saturated rings. The Kier molecular flexibility index (Phi) is 6.17. The number of nitrogens with one attached hydrogen (secondary N) is 2. The highest BCUT2D eigenvalue weighted by Crippen LogP contribution is 2.19. The predicted molar refractivity (Wildman–Crippen MR) is 101 cm³/mol. The van der Waals surface area contributed by atoms with Gasteiger partial charge in [-0.3, -0.25) is 0 Å². The molecule has 1 aromatic heterocycles. The van der Waals surface area contributed by atoms with E-state index in [1.54, 1.807) is 6.07 Å². The number of urea groups is 1. The Morgan fingerprint density at radius 3 is 2.59 bits per heavy atom. The number of ether oxygens (including phenoxy) is 1. The summed E-state index contributed by atoms with van der Waals surface area (Å²) in [5.41, 5.74) is 2.11. The molecule has 0 saturated heterocycles. The second kappa shape index (κ2) is 8.95. The van der Waals surface area contributed by atoms with Crippen molar-refractivity contribution in [1.29, 1.82) is 0 Å². The van der Waals surface area contributed by atoms with E-state index in [1.807, 2.05) is 36.4 Å². The molecule has 0 radical (unpaired) electrons. The molecule has 3 rings (SSSR count). The van der Waals surface area contributed by atoms with Gasteiger partial charge in [0, 0.05) is 17.3 Å². The first-order valence-corrected chi connectivity index (χ1v) is 8.51. The van der Waals surface area contributed by atoms with Gasteiger partial charge in [-0.1, -0.05) is 41.9 Å². The zero-order chi connectivity index (χ0) is 19.1. The molecule has 0 aliphatic heterocycles. The number of carbonyl (C=O) groups excluding carboxylic acids is 1. The fourth-order valence-corrected chi connectivity index (χ4v) is 2.41. The van der Waals surface area contributed by atoms with Gasteiger partial charge in [0.05, 0.1) is 17.3 Å². The molecule has 0 bridgehead atoms. The third-order valence-corrected chi connectivity index (χ3v) is 3.81. The predicted octanol–water partition coefficient (Wildman–Crippen LogP) is 4.14. The van der Waals surface area contributed by atoms with Crippen molar-refractivity contribution in [2.24, 2.45) is 0 Å². The number of nitrogens with zero attached hydrogens (tertiary/aromatic N) is 2. The van der Waals surface area contributed by atoms with E-state index in [0.717, 1.165) is 11.3 Å². The van der Waals surface area contributed by atoms with Crippen molar-refractivity contribution < 1.29 is 13.9 Å². The highest BCUT2D eigenvalue weighted by atomic mass is 35.5. The third kappa shape index (κ3) is 5.39. The normalized spacial score (nSPS) is 10.3. The van der Waals surface area contributed by atoms with Crippen LogP contribution in [0.25, 0.3) is 11.3 Å². The molecule has 8 heteroatoms. The monoisotopic (exact) mass is 386 g/mol. The van der Waals surface area contributed by atoms with E-state index in [4.69, 9.17) is 16.3 Å². The fraction of sp³-hybridized carbons (Fsp3) is 0.105. The number of benzene rings is 2. The van der Waals surface area contributed by atoms with E-state index in [0.29, 0.717) is 11.6 Å². The third-order valence-electron chi connectivity index (χ3n) is 3.52. The maximum Gasteiger partial charge on any atom is 0.319 e. The average Bonchev–Trinajstić information content (AvgIpc) is 2.69. The molecule has 0 spiro atoms. The Morgan fingerprint density at radius 1 is 1.07 bits per heavy atom. The van der Waals surface area contributed by atoms with Crippen LogP contribution in [0.2, 0.25) is 5.02 Å². The van der Waals surface area contributed by atoms with Crippen LogP contribution in [0.15, 0.2) is 60.7 Å². The van der Waals surface area contributed by atoms with E-state index in [1.165, 1.54) is 18.2 Å². The topological polar surface area (TPSA) is 76.1 Å². The summed E-state index contributed by atoms with van der Waals surface area (Å²) in [6.07, 6.45) is 0. The van der Waals surface area contributed by atoms with E-state index in [-0.39, 0.29) is 18.2 Å². The van der Waals surface area contributed by atoms with E-state index < -0.39 is 11.8 Å². The average molecular weight is 387 g/mol. The Hall–Kier alpha value is -3.19. The molecule has 2 amide bonds. The van der Waals surface area contributed by atoms with Crippen LogP contribution < -0.4 is 15.4 Å². The minimum absolute atomic E-state index is 0.0614. The van der Waals surface area contributed by atoms with Crippen molar-refractivity contribution in [2.45, 2.75) is 0 Å². The molecule has 27 heavy (non-hydrogen) atoms. The molecule has 0 unspecified atom stereocenters. The highest BCUT2D eigenvalue weighted by molar-refractivity contribution is 6.31. The lowest BCUT2D eigenvalue weighted by Crippen LogP contribution is -2.32. The van der Waals surface area contributed by atoms with Gasteiger partial charge in [-0.15, -0.1) is 10.2 Å². The lowest BCUT2D eigenvalue weighted by atomic mass is 10.1. The van der Waals surface area contributed by atoms with Crippen molar-refractivity contribution in [1.82, 2.24) is 15.5 Å². The minimum Gasteiger partial charge on any atom is -0.475 e. The molecule has 0 atom stereocenters. The Bertz CT molecular complexity index is 907. The van der Waals surface area contributed by atoms with Crippen molar-refractivity contribution in [3.8, 4) is 17.1 Å². The Morgan fingerprint density at radius 2 is 1.89 bits per heavy atom. The molecule has 0 aliphatic rings. The van der Waals surface area contributed by atoms with Gasteiger partial charge in [0.2, 0.25) is 5.88 Å². The molecule has 1 heterocycles. The maximum absolute atomic E-state index is 13.1. The van der Waals surface area contributed by atoms with Gasteiger partial charge in [-0.05, 0) is 24.3 Å². The summed E-state index contributed by atoms with van der Waals surface area (Å²) < 4.78 is 18.5. The first-order chi connectivity index (χ1) is 13.1. The lowest BCUT2D eigenvalue weighted by molar-refractivity contribution is 0.246. The zero-order valence-electron chi connectivity index (χ0n) is 14.2. The SMILES string of the molecule is O=C(NCCOc1ccc(-c2ccccc2)nn1)Nc1ccc(F)c(Cl)c1. The zero-order valence-corrected chi connectivity index (χ0v) is 14.9. The maximum atomic E-state index is 13.1. The van der Waals surface area contributed by atoms with Gasteiger partial charge in [-0.25, -0.2) is 9.18 Å². The molecule has 0 saturated carbocycles. The summed E-state index contributed by atoms with van der Waals surface area (Å²) in [4.78, 5) is 11.8. The number of amides is 2. The van der Waals surface area contributed by atoms with Crippen LogP contribution in [-0.2, 0) is 0 Å². The molecule has 2 N–H and O–H groups in total. The molecular weight excluding hydrogens is 371 g/mol. The fourth-order valence-electron chi connectivity index (χ4n) is 2.23. The second-order valence-electron chi connectivity index (χ2n) is 5.48. The van der Waals surface area contributed by atoms with Crippen molar-refractivity contribution in [3.05, 3.63) is 71.5 Å². The van der Waals surface area contributed by atoms with Crippen LogP contribution in [-0.4, -0.2) is 29.4 Å². The molecule has 0 aliphatic carbocycles. The van der Waals surface area contributed by atoms with Crippen LogP contribution in [0, 0.1) is 5.82 Å². The summed E-state index contributed by atoms with van der Waals surface area (Å²) >= 11 is 5.66. The van der Waals surface area contributed by atoms with Gasteiger partial charge in [0.1, 0.15) is 12.4 Å². The van der Waals surface area contributed by atoms with Crippen molar-refractivity contribution in [2.75, 3.05) is 18.5 Å². The number of carbonyl (C=O) groups is 1. The Labute approximate surface area is 160 Å². The number of hydrogen-bond acceptors (Lipinski definition) is 4. The molecule has 138 valence electrons. The van der Waals surface area contributed by atoms with Crippen molar-refractivity contribution >= 4 is 23.3 Å². The molecular formula is C19H16ClFN4O2. The summed E-state index contributed by atoms with van der Waals surface area (Å²) in [5.74, 6) is -0.183. The number of anilines is 1. The number of rotatable bonds is 6. The number of hydrogen-bond donors (Lipinski definition) is 2. The first kappa shape index (κ1) is 18.6.